The molecule has 1 amide bonds. The number of methoxy groups -OCH3 is 1. The molecule has 3 aromatic carbocycles. The molecule has 30 heavy (non-hydrogen) atoms. The quantitative estimate of drug-likeness (QED) is 0.653. The van der Waals surface area contributed by atoms with Crippen molar-refractivity contribution in [3.05, 3.63) is 89.5 Å². The van der Waals surface area contributed by atoms with Crippen LogP contribution in [-0.2, 0) is 4.74 Å². The Labute approximate surface area is 176 Å². The second-order valence-corrected chi connectivity index (χ2v) is 7.39. The topological polar surface area (TPSA) is 59.0 Å². The highest BCUT2D eigenvalue weighted by Gasteiger charge is 2.30. The summed E-state index contributed by atoms with van der Waals surface area (Å²) < 4.78 is 10.9. The standard InChI is InChI=1S/C25H25NO4/c1-26(24(15-27)17-11-13-18(29-2)14-12-17)25(28)30-16-23-21-9-5-3-7-19(21)20-8-4-6-10-22(20)23/h3-14,23-24,27H,15-16H2,1-2H3. The van der Waals surface area contributed by atoms with Crippen LogP contribution < -0.4 is 4.74 Å². The van der Waals surface area contributed by atoms with Gasteiger partial charge in [0.1, 0.15) is 12.4 Å². The van der Waals surface area contributed by atoms with E-state index in [9.17, 15) is 9.90 Å². The number of hydrogen-bond acceptors (Lipinski definition) is 4. The summed E-state index contributed by atoms with van der Waals surface area (Å²) in [6.45, 7) is 0.0466. The molecule has 0 bridgehead atoms. The number of fused-ring (bicyclic) bond motifs is 3. The average molecular weight is 403 g/mol. The van der Waals surface area contributed by atoms with Crippen molar-refractivity contribution in [1.29, 1.82) is 0 Å². The first kappa shape index (κ1) is 20.0. The number of aliphatic hydroxyl groups is 1. The first-order chi connectivity index (χ1) is 14.6. The molecular weight excluding hydrogens is 378 g/mol. The Morgan fingerprint density at radius 3 is 2.07 bits per heavy atom. The monoisotopic (exact) mass is 403 g/mol. The summed E-state index contributed by atoms with van der Waals surface area (Å²) in [6, 6.07) is 23.3. The summed E-state index contributed by atoms with van der Waals surface area (Å²) in [5.41, 5.74) is 5.53. The normalized spacial score (nSPS) is 13.3. The van der Waals surface area contributed by atoms with Gasteiger partial charge in [-0.25, -0.2) is 4.79 Å². The van der Waals surface area contributed by atoms with Crippen molar-refractivity contribution < 1.29 is 19.4 Å². The smallest absolute Gasteiger partial charge is 0.410 e. The maximum atomic E-state index is 12.8. The van der Waals surface area contributed by atoms with E-state index in [4.69, 9.17) is 9.47 Å². The van der Waals surface area contributed by atoms with Gasteiger partial charge in [-0.15, -0.1) is 0 Å². The number of amides is 1. The molecule has 4 rings (SSSR count). The molecule has 0 radical (unpaired) electrons. The number of likely N-dealkylation sites (N-methyl/N-ethyl adjacent to an activating group) is 1. The number of hydrogen-bond donors (Lipinski definition) is 1. The zero-order valence-corrected chi connectivity index (χ0v) is 17.1. The summed E-state index contributed by atoms with van der Waals surface area (Å²) in [5.74, 6) is 0.725. The molecule has 5 nitrogen and oxygen atoms in total. The Kier molecular flexibility index (Phi) is 5.72. The Morgan fingerprint density at radius 1 is 0.967 bits per heavy atom. The third-order valence-electron chi connectivity index (χ3n) is 5.77. The highest BCUT2D eigenvalue weighted by Crippen LogP contribution is 2.44. The van der Waals surface area contributed by atoms with Crippen LogP contribution in [0.15, 0.2) is 72.8 Å². The molecule has 0 fully saturated rings. The summed E-state index contributed by atoms with van der Waals surface area (Å²) >= 11 is 0. The van der Waals surface area contributed by atoms with E-state index in [1.165, 1.54) is 27.2 Å². The van der Waals surface area contributed by atoms with Gasteiger partial charge >= 0.3 is 6.09 Å². The minimum Gasteiger partial charge on any atom is -0.497 e. The van der Waals surface area contributed by atoms with Crippen molar-refractivity contribution in [1.82, 2.24) is 4.90 Å². The second-order valence-electron chi connectivity index (χ2n) is 7.39. The fourth-order valence-corrected chi connectivity index (χ4v) is 4.10. The van der Waals surface area contributed by atoms with Gasteiger partial charge in [-0.05, 0) is 39.9 Å². The molecule has 1 N–H and O–H groups in total. The third-order valence-corrected chi connectivity index (χ3v) is 5.77. The summed E-state index contributed by atoms with van der Waals surface area (Å²) in [4.78, 5) is 14.2. The van der Waals surface area contributed by atoms with Crippen LogP contribution in [0.5, 0.6) is 5.75 Å². The molecule has 1 atom stereocenters. The number of ether oxygens (including phenoxy) is 2. The van der Waals surface area contributed by atoms with Crippen molar-refractivity contribution in [2.75, 3.05) is 27.4 Å². The molecule has 0 aliphatic heterocycles. The largest absolute Gasteiger partial charge is 0.497 e. The molecule has 0 heterocycles. The van der Waals surface area contributed by atoms with Crippen LogP contribution in [0.2, 0.25) is 0 Å². The van der Waals surface area contributed by atoms with Crippen LogP contribution in [0.4, 0.5) is 4.79 Å². The predicted octanol–water partition coefficient (Wildman–Crippen LogP) is 4.61. The third kappa shape index (κ3) is 3.64. The van der Waals surface area contributed by atoms with Gasteiger partial charge in [0.15, 0.2) is 0 Å². The van der Waals surface area contributed by atoms with Crippen LogP contribution >= 0.6 is 0 Å². The zero-order chi connectivity index (χ0) is 21.1. The minimum absolute atomic E-state index is 0.00307. The SMILES string of the molecule is COc1ccc(C(CO)N(C)C(=O)OCC2c3ccccc3-c3ccccc32)cc1. The molecule has 1 aliphatic rings. The van der Waals surface area contributed by atoms with Gasteiger partial charge in [0.25, 0.3) is 0 Å². The van der Waals surface area contributed by atoms with Gasteiger partial charge in [0.2, 0.25) is 0 Å². The number of nitrogens with zero attached hydrogens (tertiary/aromatic N) is 1. The van der Waals surface area contributed by atoms with Crippen LogP contribution in [0.3, 0.4) is 0 Å². The van der Waals surface area contributed by atoms with E-state index in [1.807, 2.05) is 48.5 Å². The molecule has 0 spiro atoms. The van der Waals surface area contributed by atoms with Crippen LogP contribution in [0.25, 0.3) is 11.1 Å². The van der Waals surface area contributed by atoms with Crippen molar-refractivity contribution in [2.45, 2.75) is 12.0 Å². The minimum atomic E-state index is -0.494. The molecule has 0 saturated heterocycles. The summed E-state index contributed by atoms with van der Waals surface area (Å²) in [7, 11) is 3.24. The summed E-state index contributed by atoms with van der Waals surface area (Å²) in [6.07, 6.45) is -0.466. The highest BCUT2D eigenvalue weighted by molar-refractivity contribution is 5.79. The van der Waals surface area contributed by atoms with E-state index < -0.39 is 12.1 Å². The fraction of sp³-hybridized carbons (Fsp3) is 0.240. The number of aliphatic hydroxyl groups excluding tert-OH is 1. The molecule has 0 saturated carbocycles. The van der Waals surface area contributed by atoms with Crippen molar-refractivity contribution >= 4 is 6.09 Å². The number of rotatable bonds is 6. The lowest BCUT2D eigenvalue weighted by Crippen LogP contribution is -2.34. The van der Waals surface area contributed by atoms with Crippen LogP contribution in [0, 0.1) is 0 Å². The number of carbonyl (C=O) groups is 1. The molecule has 1 unspecified atom stereocenters. The fourth-order valence-electron chi connectivity index (χ4n) is 4.10. The van der Waals surface area contributed by atoms with Crippen LogP contribution in [-0.4, -0.2) is 43.5 Å². The van der Waals surface area contributed by atoms with E-state index in [0.717, 1.165) is 11.3 Å². The number of benzene rings is 3. The van der Waals surface area contributed by atoms with Gasteiger partial charge in [-0.3, -0.25) is 0 Å². The first-order valence-corrected chi connectivity index (χ1v) is 9.96. The number of carbonyl (C=O) groups excluding carboxylic acids is 1. The van der Waals surface area contributed by atoms with Gasteiger partial charge in [-0.2, -0.15) is 0 Å². The van der Waals surface area contributed by atoms with Gasteiger partial charge in [0, 0.05) is 13.0 Å². The Morgan fingerprint density at radius 2 is 1.53 bits per heavy atom. The maximum absolute atomic E-state index is 12.8. The van der Waals surface area contributed by atoms with E-state index in [1.54, 1.807) is 14.2 Å². The maximum Gasteiger partial charge on any atom is 0.410 e. The molecule has 5 heteroatoms. The Bertz CT molecular complexity index is 986. The zero-order valence-electron chi connectivity index (χ0n) is 17.1. The van der Waals surface area contributed by atoms with Crippen molar-refractivity contribution in [3.63, 3.8) is 0 Å². The lowest BCUT2D eigenvalue weighted by Gasteiger charge is -2.27. The van der Waals surface area contributed by atoms with E-state index in [2.05, 4.69) is 24.3 Å². The molecule has 0 aromatic heterocycles. The Hall–Kier alpha value is -3.31. The molecule has 154 valence electrons. The van der Waals surface area contributed by atoms with Gasteiger partial charge in [-0.1, -0.05) is 60.7 Å². The summed E-state index contributed by atoms with van der Waals surface area (Å²) in [5, 5.41) is 9.88. The average Bonchev–Trinajstić information content (AvgIpc) is 3.12. The lowest BCUT2D eigenvalue weighted by atomic mass is 9.98. The molecule has 3 aromatic rings. The molecular formula is C25H25NO4. The van der Waals surface area contributed by atoms with Gasteiger partial charge in [0.05, 0.1) is 19.8 Å². The van der Waals surface area contributed by atoms with E-state index >= 15 is 0 Å². The second kappa shape index (κ2) is 8.59. The van der Waals surface area contributed by atoms with Crippen LogP contribution in [0.1, 0.15) is 28.7 Å². The van der Waals surface area contributed by atoms with Gasteiger partial charge < -0.3 is 19.5 Å². The Balaban J connectivity index is 1.48. The molecule has 1 aliphatic carbocycles. The highest BCUT2D eigenvalue weighted by atomic mass is 16.6. The van der Waals surface area contributed by atoms with E-state index in [0.29, 0.717) is 0 Å². The van der Waals surface area contributed by atoms with E-state index in [-0.39, 0.29) is 19.1 Å². The lowest BCUT2D eigenvalue weighted by molar-refractivity contribution is 0.0789. The van der Waals surface area contributed by atoms with Crippen molar-refractivity contribution in [3.8, 4) is 16.9 Å². The predicted molar refractivity (Wildman–Crippen MR) is 116 cm³/mol. The van der Waals surface area contributed by atoms with Crippen molar-refractivity contribution in [2.24, 2.45) is 0 Å². The first-order valence-electron chi connectivity index (χ1n) is 9.96.